The van der Waals surface area contributed by atoms with Gasteiger partial charge in [0.2, 0.25) is 11.8 Å². The standard InChI is InChI=1S/C23H32N4O3/c1-15(2)24-11-17-4-3-9-26(13-17)12-16-5-6-19-18(10-16)14-27(23(19)30)20-7-8-21(28)25-22(20)29/h5-6,10,15,17,20,24H,3-4,7-9,11-14H2,1-2H3,(H,25,28,29). The molecule has 7 nitrogen and oxygen atoms in total. The SMILES string of the molecule is CC(C)NCC1CCCN(Cc2ccc3c(c2)CN(C2CCC(=O)NC2=O)C3=O)C1. The summed E-state index contributed by atoms with van der Waals surface area (Å²) in [6, 6.07) is 6.03. The van der Waals surface area contributed by atoms with E-state index in [9.17, 15) is 14.4 Å². The van der Waals surface area contributed by atoms with Gasteiger partial charge in [0.05, 0.1) is 0 Å². The largest absolute Gasteiger partial charge is 0.322 e. The molecule has 0 aromatic heterocycles. The number of carbonyl (C=O) groups excluding carboxylic acids is 3. The van der Waals surface area contributed by atoms with E-state index in [1.165, 1.54) is 18.4 Å². The molecule has 0 radical (unpaired) electrons. The molecule has 0 aliphatic carbocycles. The first-order chi connectivity index (χ1) is 14.4. The number of piperidine rings is 2. The molecule has 3 aliphatic rings. The zero-order chi connectivity index (χ0) is 21.3. The van der Waals surface area contributed by atoms with Crippen LogP contribution in [0.1, 0.15) is 61.0 Å². The summed E-state index contributed by atoms with van der Waals surface area (Å²) < 4.78 is 0. The Balaban J connectivity index is 1.39. The number of hydrogen-bond acceptors (Lipinski definition) is 5. The van der Waals surface area contributed by atoms with Crippen molar-refractivity contribution < 1.29 is 14.4 Å². The Labute approximate surface area is 178 Å². The predicted molar refractivity (Wildman–Crippen MR) is 114 cm³/mol. The Morgan fingerprint density at radius 1 is 1.20 bits per heavy atom. The van der Waals surface area contributed by atoms with Crippen LogP contribution in [0.2, 0.25) is 0 Å². The minimum absolute atomic E-state index is 0.108. The monoisotopic (exact) mass is 412 g/mol. The molecule has 0 saturated carbocycles. The van der Waals surface area contributed by atoms with Crippen molar-refractivity contribution in [3.63, 3.8) is 0 Å². The smallest absolute Gasteiger partial charge is 0.255 e. The fraction of sp³-hybridized carbons (Fsp3) is 0.609. The van der Waals surface area contributed by atoms with E-state index in [1.807, 2.05) is 12.1 Å². The maximum absolute atomic E-state index is 12.8. The number of fused-ring (bicyclic) bond motifs is 1. The molecular formula is C23H32N4O3. The molecule has 2 N–H and O–H groups in total. The van der Waals surface area contributed by atoms with Crippen LogP contribution in [0.25, 0.3) is 0 Å². The summed E-state index contributed by atoms with van der Waals surface area (Å²) in [5.41, 5.74) is 2.88. The Kier molecular flexibility index (Phi) is 6.20. The molecule has 3 heterocycles. The molecule has 3 amide bonds. The average Bonchev–Trinajstić information content (AvgIpc) is 3.02. The molecule has 2 fully saturated rings. The number of benzene rings is 1. The first-order valence-corrected chi connectivity index (χ1v) is 11.1. The van der Waals surface area contributed by atoms with E-state index in [0.29, 0.717) is 30.5 Å². The van der Waals surface area contributed by atoms with Gasteiger partial charge in [0.15, 0.2) is 0 Å². The van der Waals surface area contributed by atoms with Gasteiger partial charge in [-0.2, -0.15) is 0 Å². The maximum Gasteiger partial charge on any atom is 0.255 e. The van der Waals surface area contributed by atoms with Crippen molar-refractivity contribution in [3.05, 3.63) is 34.9 Å². The molecule has 162 valence electrons. The van der Waals surface area contributed by atoms with Crippen LogP contribution in [0.3, 0.4) is 0 Å². The van der Waals surface area contributed by atoms with Crippen LogP contribution in [-0.4, -0.2) is 59.2 Å². The molecular weight excluding hydrogens is 380 g/mol. The predicted octanol–water partition coefficient (Wildman–Crippen LogP) is 1.66. The number of rotatable bonds is 6. The normalized spacial score (nSPS) is 25.0. The average molecular weight is 413 g/mol. The molecule has 1 aromatic carbocycles. The van der Waals surface area contributed by atoms with E-state index in [2.05, 4.69) is 35.4 Å². The van der Waals surface area contributed by atoms with Gasteiger partial charge in [0.1, 0.15) is 6.04 Å². The molecule has 1 aromatic rings. The van der Waals surface area contributed by atoms with E-state index in [0.717, 1.165) is 31.7 Å². The first-order valence-electron chi connectivity index (χ1n) is 11.1. The number of likely N-dealkylation sites (tertiary alicyclic amines) is 1. The van der Waals surface area contributed by atoms with Gasteiger partial charge >= 0.3 is 0 Å². The lowest BCUT2D eigenvalue weighted by Crippen LogP contribution is -2.52. The second-order valence-electron chi connectivity index (χ2n) is 9.20. The zero-order valence-electron chi connectivity index (χ0n) is 17.9. The van der Waals surface area contributed by atoms with Gasteiger partial charge < -0.3 is 10.2 Å². The molecule has 0 bridgehead atoms. The third kappa shape index (κ3) is 4.57. The second kappa shape index (κ2) is 8.86. The Hall–Kier alpha value is -2.25. The van der Waals surface area contributed by atoms with Crippen molar-refractivity contribution >= 4 is 17.7 Å². The van der Waals surface area contributed by atoms with Gasteiger partial charge in [0.25, 0.3) is 5.91 Å². The number of nitrogens with zero attached hydrogens (tertiary/aromatic N) is 2. The minimum atomic E-state index is -0.553. The van der Waals surface area contributed by atoms with E-state index in [4.69, 9.17) is 0 Å². The Morgan fingerprint density at radius 3 is 2.80 bits per heavy atom. The number of carbonyl (C=O) groups is 3. The molecule has 2 unspecified atom stereocenters. The lowest BCUT2D eigenvalue weighted by molar-refractivity contribution is -0.136. The lowest BCUT2D eigenvalue weighted by Gasteiger charge is -2.33. The fourth-order valence-corrected chi connectivity index (χ4v) is 4.85. The zero-order valence-corrected chi connectivity index (χ0v) is 17.9. The molecule has 0 spiro atoms. The van der Waals surface area contributed by atoms with Crippen molar-refractivity contribution in [2.75, 3.05) is 19.6 Å². The highest BCUT2D eigenvalue weighted by Gasteiger charge is 2.39. The van der Waals surface area contributed by atoms with Gasteiger partial charge in [-0.3, -0.25) is 24.6 Å². The topological polar surface area (TPSA) is 81.8 Å². The van der Waals surface area contributed by atoms with Crippen molar-refractivity contribution in [3.8, 4) is 0 Å². The lowest BCUT2D eigenvalue weighted by atomic mass is 9.97. The highest BCUT2D eigenvalue weighted by Crippen LogP contribution is 2.29. The first kappa shape index (κ1) is 21.0. The number of imide groups is 1. The second-order valence-corrected chi connectivity index (χ2v) is 9.20. The molecule has 30 heavy (non-hydrogen) atoms. The minimum Gasteiger partial charge on any atom is -0.322 e. The highest BCUT2D eigenvalue weighted by atomic mass is 16.2. The van der Waals surface area contributed by atoms with Gasteiger partial charge in [-0.15, -0.1) is 0 Å². The fourth-order valence-electron chi connectivity index (χ4n) is 4.85. The van der Waals surface area contributed by atoms with Crippen molar-refractivity contribution in [1.82, 2.24) is 20.4 Å². The molecule has 2 saturated heterocycles. The van der Waals surface area contributed by atoms with Gasteiger partial charge in [-0.25, -0.2) is 0 Å². The summed E-state index contributed by atoms with van der Waals surface area (Å²) >= 11 is 0. The van der Waals surface area contributed by atoms with Gasteiger partial charge in [0, 0.05) is 37.7 Å². The third-order valence-corrected chi connectivity index (χ3v) is 6.41. The van der Waals surface area contributed by atoms with E-state index < -0.39 is 6.04 Å². The van der Waals surface area contributed by atoms with Crippen LogP contribution in [0.15, 0.2) is 18.2 Å². The number of hydrogen-bond donors (Lipinski definition) is 2. The van der Waals surface area contributed by atoms with Crippen LogP contribution in [0, 0.1) is 5.92 Å². The van der Waals surface area contributed by atoms with E-state index in [1.54, 1.807) is 4.90 Å². The third-order valence-electron chi connectivity index (χ3n) is 6.41. The summed E-state index contributed by atoms with van der Waals surface area (Å²) in [6.07, 6.45) is 3.17. The van der Waals surface area contributed by atoms with Crippen molar-refractivity contribution in [1.29, 1.82) is 0 Å². The van der Waals surface area contributed by atoms with Crippen LogP contribution in [-0.2, 0) is 22.7 Å². The van der Waals surface area contributed by atoms with E-state index >= 15 is 0 Å². The Morgan fingerprint density at radius 2 is 2.03 bits per heavy atom. The number of nitrogens with one attached hydrogen (secondary N) is 2. The quantitative estimate of drug-likeness (QED) is 0.695. The summed E-state index contributed by atoms with van der Waals surface area (Å²) in [5, 5.41) is 5.91. The van der Waals surface area contributed by atoms with Crippen LogP contribution >= 0.6 is 0 Å². The molecule has 2 atom stereocenters. The summed E-state index contributed by atoms with van der Waals surface area (Å²) in [4.78, 5) is 40.6. The van der Waals surface area contributed by atoms with Crippen LogP contribution in [0.4, 0.5) is 0 Å². The van der Waals surface area contributed by atoms with Crippen molar-refractivity contribution in [2.24, 2.45) is 5.92 Å². The summed E-state index contributed by atoms with van der Waals surface area (Å²) in [6.45, 7) is 8.96. The van der Waals surface area contributed by atoms with E-state index in [-0.39, 0.29) is 24.1 Å². The highest BCUT2D eigenvalue weighted by molar-refractivity contribution is 6.05. The van der Waals surface area contributed by atoms with Crippen LogP contribution in [0.5, 0.6) is 0 Å². The summed E-state index contributed by atoms with van der Waals surface area (Å²) in [5.74, 6) is -0.0443. The van der Waals surface area contributed by atoms with Crippen LogP contribution < -0.4 is 10.6 Å². The van der Waals surface area contributed by atoms with Gasteiger partial charge in [-0.1, -0.05) is 26.0 Å². The Bertz CT molecular complexity index is 838. The van der Waals surface area contributed by atoms with Crippen molar-refractivity contribution in [2.45, 2.75) is 64.7 Å². The molecule has 7 heteroatoms. The maximum atomic E-state index is 12.8. The molecule has 3 aliphatic heterocycles. The number of amides is 3. The molecule has 4 rings (SSSR count). The summed E-state index contributed by atoms with van der Waals surface area (Å²) in [7, 11) is 0. The van der Waals surface area contributed by atoms with Gasteiger partial charge in [-0.05, 0) is 55.5 Å².